The Morgan fingerprint density at radius 1 is 1.04 bits per heavy atom. The number of piperazine rings is 1. The van der Waals surface area contributed by atoms with Crippen LogP contribution in [-0.2, 0) is 5.41 Å². The molecular weight excluding hydrogens is 322 g/mol. The number of hydrogen-bond donors (Lipinski definition) is 0. The number of rotatable bonds is 3. The van der Waals surface area contributed by atoms with Crippen molar-refractivity contribution in [1.82, 2.24) is 4.90 Å². The lowest BCUT2D eigenvalue weighted by Gasteiger charge is -2.53. The van der Waals surface area contributed by atoms with Gasteiger partial charge in [-0.1, -0.05) is 44.2 Å². The standard InChI is InChI=1S/C22H27N3O/c1-17-15-24-11-12-25(20-9-4-3-5-10-20)16-21(24)14-22(17,2)18-7-6-8-19(13-18)23-26/h3-10,13,17,21H,11-12,14-16H2,1-2H3/t17?,21?,22-/m1/s1. The van der Waals surface area contributed by atoms with E-state index in [1.807, 2.05) is 12.1 Å². The number of anilines is 1. The fourth-order valence-electron chi connectivity index (χ4n) is 4.76. The van der Waals surface area contributed by atoms with Gasteiger partial charge in [0.1, 0.15) is 5.69 Å². The van der Waals surface area contributed by atoms with Crippen molar-refractivity contribution >= 4 is 11.4 Å². The van der Waals surface area contributed by atoms with E-state index in [9.17, 15) is 4.91 Å². The molecule has 4 heteroatoms. The van der Waals surface area contributed by atoms with Gasteiger partial charge >= 0.3 is 0 Å². The first kappa shape index (κ1) is 17.2. The summed E-state index contributed by atoms with van der Waals surface area (Å²) < 4.78 is 0. The van der Waals surface area contributed by atoms with Crippen LogP contribution >= 0.6 is 0 Å². The number of para-hydroxylation sites is 1. The normalized spacial score (nSPS) is 29.2. The van der Waals surface area contributed by atoms with Crippen LogP contribution in [0.2, 0.25) is 0 Å². The second-order valence-corrected chi connectivity index (χ2v) is 8.09. The Labute approximate surface area is 155 Å². The summed E-state index contributed by atoms with van der Waals surface area (Å²) in [6, 6.07) is 19.2. The zero-order chi connectivity index (χ0) is 18.1. The highest BCUT2D eigenvalue weighted by Gasteiger charge is 2.44. The van der Waals surface area contributed by atoms with E-state index in [0.717, 1.165) is 32.6 Å². The quantitative estimate of drug-likeness (QED) is 0.761. The Hall–Kier alpha value is -2.20. The van der Waals surface area contributed by atoms with E-state index in [2.05, 4.69) is 65.2 Å². The van der Waals surface area contributed by atoms with Crippen molar-refractivity contribution in [1.29, 1.82) is 0 Å². The highest BCUT2D eigenvalue weighted by Crippen LogP contribution is 2.43. The van der Waals surface area contributed by atoms with Gasteiger partial charge in [0.05, 0.1) is 0 Å². The maximum absolute atomic E-state index is 11.0. The molecule has 4 rings (SSSR count). The van der Waals surface area contributed by atoms with E-state index in [-0.39, 0.29) is 5.41 Å². The fourth-order valence-corrected chi connectivity index (χ4v) is 4.76. The number of nitrogens with zero attached hydrogens (tertiary/aromatic N) is 3. The van der Waals surface area contributed by atoms with Gasteiger partial charge in [0.15, 0.2) is 0 Å². The molecule has 2 fully saturated rings. The van der Waals surface area contributed by atoms with Gasteiger partial charge in [-0.3, -0.25) is 4.90 Å². The second kappa shape index (κ2) is 6.84. The summed E-state index contributed by atoms with van der Waals surface area (Å²) in [7, 11) is 0. The van der Waals surface area contributed by atoms with Crippen molar-refractivity contribution in [2.24, 2.45) is 11.1 Å². The fraction of sp³-hybridized carbons (Fsp3) is 0.455. The summed E-state index contributed by atoms with van der Waals surface area (Å²) in [5.74, 6) is 0.545. The molecular formula is C22H27N3O. The molecule has 2 saturated heterocycles. The first-order valence-corrected chi connectivity index (χ1v) is 9.58. The molecule has 0 radical (unpaired) electrons. The molecule has 4 nitrogen and oxygen atoms in total. The minimum atomic E-state index is 0.0710. The van der Waals surface area contributed by atoms with Crippen molar-refractivity contribution in [2.45, 2.75) is 31.7 Å². The number of nitroso groups, excluding NO2 is 1. The molecule has 2 aromatic carbocycles. The molecule has 2 unspecified atom stereocenters. The number of fused-ring (bicyclic) bond motifs is 1. The molecule has 0 bridgehead atoms. The molecule has 0 saturated carbocycles. The van der Waals surface area contributed by atoms with Gasteiger partial charge in [-0.05, 0) is 52.8 Å². The predicted molar refractivity (Wildman–Crippen MR) is 107 cm³/mol. The Bertz CT molecular complexity index is 778. The van der Waals surface area contributed by atoms with Crippen LogP contribution < -0.4 is 4.90 Å². The zero-order valence-corrected chi connectivity index (χ0v) is 15.6. The molecule has 0 aromatic heterocycles. The Balaban J connectivity index is 1.58. The molecule has 0 N–H and O–H groups in total. The van der Waals surface area contributed by atoms with Gasteiger partial charge in [-0.2, -0.15) is 0 Å². The van der Waals surface area contributed by atoms with Gasteiger partial charge in [-0.15, -0.1) is 4.91 Å². The average Bonchev–Trinajstić information content (AvgIpc) is 2.69. The van der Waals surface area contributed by atoms with Crippen LogP contribution in [0.4, 0.5) is 11.4 Å². The van der Waals surface area contributed by atoms with Crippen molar-refractivity contribution < 1.29 is 0 Å². The lowest BCUT2D eigenvalue weighted by molar-refractivity contribution is 0.0468. The van der Waals surface area contributed by atoms with Crippen LogP contribution in [0.3, 0.4) is 0 Å². The molecule has 0 aliphatic carbocycles. The molecule has 2 aliphatic heterocycles. The molecule has 0 spiro atoms. The monoisotopic (exact) mass is 349 g/mol. The first-order valence-electron chi connectivity index (χ1n) is 9.58. The maximum atomic E-state index is 11.0. The highest BCUT2D eigenvalue weighted by molar-refractivity contribution is 5.47. The van der Waals surface area contributed by atoms with Crippen LogP contribution in [0, 0.1) is 10.8 Å². The van der Waals surface area contributed by atoms with Gasteiger partial charge in [0.25, 0.3) is 0 Å². The van der Waals surface area contributed by atoms with Crippen LogP contribution in [-0.4, -0.2) is 37.1 Å². The van der Waals surface area contributed by atoms with Crippen molar-refractivity contribution in [2.75, 3.05) is 31.1 Å². The third kappa shape index (κ3) is 3.03. The van der Waals surface area contributed by atoms with Gasteiger partial charge in [0.2, 0.25) is 0 Å². The van der Waals surface area contributed by atoms with Crippen molar-refractivity contribution in [3.8, 4) is 0 Å². The second-order valence-electron chi connectivity index (χ2n) is 8.09. The molecule has 3 atom stereocenters. The zero-order valence-electron chi connectivity index (χ0n) is 15.6. The lowest BCUT2D eigenvalue weighted by Crippen LogP contribution is -2.61. The summed E-state index contributed by atoms with van der Waals surface area (Å²) in [4.78, 5) is 16.2. The van der Waals surface area contributed by atoms with E-state index in [1.165, 1.54) is 11.3 Å². The van der Waals surface area contributed by atoms with Crippen LogP contribution in [0.1, 0.15) is 25.8 Å². The summed E-state index contributed by atoms with van der Waals surface area (Å²) in [6.45, 7) is 9.10. The lowest BCUT2D eigenvalue weighted by atomic mass is 9.65. The van der Waals surface area contributed by atoms with E-state index < -0.39 is 0 Å². The molecule has 2 aromatic rings. The van der Waals surface area contributed by atoms with E-state index >= 15 is 0 Å². The summed E-state index contributed by atoms with van der Waals surface area (Å²) in [6.07, 6.45) is 1.11. The summed E-state index contributed by atoms with van der Waals surface area (Å²) >= 11 is 0. The van der Waals surface area contributed by atoms with Crippen LogP contribution in [0.5, 0.6) is 0 Å². The Morgan fingerprint density at radius 2 is 1.85 bits per heavy atom. The first-order chi connectivity index (χ1) is 12.6. The predicted octanol–water partition coefficient (Wildman–Crippen LogP) is 4.57. The smallest absolute Gasteiger partial charge is 0.108 e. The van der Waals surface area contributed by atoms with E-state index in [0.29, 0.717) is 17.6 Å². The number of benzene rings is 2. The molecule has 2 aliphatic rings. The van der Waals surface area contributed by atoms with Gasteiger partial charge < -0.3 is 4.90 Å². The number of piperidine rings is 1. The highest BCUT2D eigenvalue weighted by atomic mass is 16.3. The number of hydrogen-bond acceptors (Lipinski definition) is 4. The van der Waals surface area contributed by atoms with Gasteiger partial charge in [-0.25, -0.2) is 0 Å². The third-order valence-corrected chi connectivity index (χ3v) is 6.59. The van der Waals surface area contributed by atoms with Crippen molar-refractivity contribution in [3.63, 3.8) is 0 Å². The third-order valence-electron chi connectivity index (χ3n) is 6.59. The summed E-state index contributed by atoms with van der Waals surface area (Å²) in [5, 5.41) is 3.15. The average molecular weight is 349 g/mol. The van der Waals surface area contributed by atoms with Crippen molar-refractivity contribution in [3.05, 3.63) is 65.1 Å². The van der Waals surface area contributed by atoms with E-state index in [1.54, 1.807) is 6.07 Å². The topological polar surface area (TPSA) is 35.9 Å². The Kier molecular flexibility index (Phi) is 4.53. The van der Waals surface area contributed by atoms with E-state index in [4.69, 9.17) is 0 Å². The maximum Gasteiger partial charge on any atom is 0.108 e. The van der Waals surface area contributed by atoms with Crippen LogP contribution in [0.15, 0.2) is 59.8 Å². The Morgan fingerprint density at radius 3 is 2.62 bits per heavy atom. The molecule has 0 amide bonds. The minimum absolute atomic E-state index is 0.0710. The molecule has 26 heavy (non-hydrogen) atoms. The SMILES string of the molecule is CC1CN2CCN(c3ccccc3)CC2C[C@@]1(C)c1cccc(N=O)c1. The molecule has 136 valence electrons. The van der Waals surface area contributed by atoms with Gasteiger partial charge in [0, 0.05) is 37.9 Å². The molecule has 2 heterocycles. The minimum Gasteiger partial charge on any atom is -0.369 e. The van der Waals surface area contributed by atoms with Crippen LogP contribution in [0.25, 0.3) is 0 Å². The largest absolute Gasteiger partial charge is 0.369 e. The summed E-state index contributed by atoms with van der Waals surface area (Å²) in [5.41, 5.74) is 3.17.